The van der Waals surface area contributed by atoms with E-state index in [2.05, 4.69) is 26.0 Å². The molecule has 0 aliphatic heterocycles. The summed E-state index contributed by atoms with van der Waals surface area (Å²) in [6.45, 7) is -0.166. The minimum Gasteiger partial charge on any atom is -0.483 e. The van der Waals surface area contributed by atoms with Crippen LogP contribution in [0.5, 0.6) is 5.75 Å². The summed E-state index contributed by atoms with van der Waals surface area (Å²) >= 11 is 3.54. The highest BCUT2D eigenvalue weighted by Crippen LogP contribution is 2.33. The number of amides is 1. The van der Waals surface area contributed by atoms with Crippen molar-refractivity contribution in [2.75, 3.05) is 11.9 Å². The second kappa shape index (κ2) is 10.0. The summed E-state index contributed by atoms with van der Waals surface area (Å²) in [7, 11) is -3.57. The van der Waals surface area contributed by atoms with Crippen LogP contribution in [0, 0.1) is 0 Å². The molecule has 3 aromatic rings. The van der Waals surface area contributed by atoms with Crippen LogP contribution >= 0.6 is 15.9 Å². The van der Waals surface area contributed by atoms with Gasteiger partial charge in [-0.05, 0) is 69.9 Å². The molecule has 1 aliphatic rings. The van der Waals surface area contributed by atoms with E-state index in [1.807, 2.05) is 36.4 Å². The molecule has 6 nitrogen and oxygen atoms in total. The van der Waals surface area contributed by atoms with E-state index in [0.29, 0.717) is 11.4 Å². The summed E-state index contributed by atoms with van der Waals surface area (Å²) in [6.07, 6.45) is 5.02. The summed E-state index contributed by atoms with van der Waals surface area (Å²) in [5.41, 5.74) is 0.507. The largest absolute Gasteiger partial charge is 0.483 e. The zero-order valence-electron chi connectivity index (χ0n) is 17.5. The van der Waals surface area contributed by atoms with Gasteiger partial charge in [0, 0.05) is 11.7 Å². The van der Waals surface area contributed by atoms with Crippen molar-refractivity contribution in [2.24, 2.45) is 0 Å². The first-order valence-electron chi connectivity index (χ1n) is 10.6. The first-order chi connectivity index (χ1) is 15.4. The number of halogens is 1. The Morgan fingerprint density at radius 2 is 1.69 bits per heavy atom. The average molecular weight is 517 g/mol. The molecule has 1 amide bonds. The van der Waals surface area contributed by atoms with Crippen LogP contribution in [-0.2, 0) is 14.8 Å². The number of carbonyl (C=O) groups is 1. The average Bonchev–Trinajstić information content (AvgIpc) is 2.79. The van der Waals surface area contributed by atoms with Gasteiger partial charge in [-0.3, -0.25) is 4.79 Å². The van der Waals surface area contributed by atoms with E-state index in [1.54, 1.807) is 12.1 Å². The number of benzene rings is 3. The maximum absolute atomic E-state index is 12.6. The van der Waals surface area contributed by atoms with Gasteiger partial charge in [0.25, 0.3) is 5.91 Å². The quantitative estimate of drug-likeness (QED) is 0.450. The highest BCUT2D eigenvalue weighted by atomic mass is 79.9. The molecule has 0 heterocycles. The zero-order chi connectivity index (χ0) is 22.6. The third kappa shape index (κ3) is 5.49. The van der Waals surface area contributed by atoms with E-state index in [-0.39, 0.29) is 23.5 Å². The topological polar surface area (TPSA) is 84.5 Å². The van der Waals surface area contributed by atoms with E-state index in [9.17, 15) is 13.2 Å². The van der Waals surface area contributed by atoms with Crippen molar-refractivity contribution in [1.82, 2.24) is 4.72 Å². The Kier molecular flexibility index (Phi) is 7.13. The lowest BCUT2D eigenvalue weighted by molar-refractivity contribution is -0.118. The molecule has 0 spiro atoms. The molecule has 8 heteroatoms. The third-order valence-corrected chi connectivity index (χ3v) is 7.92. The van der Waals surface area contributed by atoms with Crippen molar-refractivity contribution in [1.29, 1.82) is 0 Å². The van der Waals surface area contributed by atoms with E-state index >= 15 is 0 Å². The predicted octanol–water partition coefficient (Wildman–Crippen LogP) is 5.23. The Bertz CT molecular complexity index is 1210. The van der Waals surface area contributed by atoms with Crippen LogP contribution in [0.1, 0.15) is 32.1 Å². The number of nitrogens with one attached hydrogen (secondary N) is 2. The number of carbonyl (C=O) groups excluding carboxylic acids is 1. The third-order valence-electron chi connectivity index (χ3n) is 5.56. The summed E-state index contributed by atoms with van der Waals surface area (Å²) in [6, 6.07) is 17.8. The standard InChI is InChI=1S/C24H25BrN2O4S/c25-24-21-9-5-4-6-17(21)10-15-22(24)31-16-23(28)26-18-11-13-20(14-12-18)32(29,30)27-19-7-2-1-3-8-19/h4-6,9-15,19,27H,1-3,7-8,16H2,(H,26,28). The van der Waals surface area contributed by atoms with Gasteiger partial charge >= 0.3 is 0 Å². The van der Waals surface area contributed by atoms with E-state index in [4.69, 9.17) is 4.74 Å². The molecule has 0 atom stereocenters. The molecule has 1 saturated carbocycles. The minimum atomic E-state index is -3.57. The Morgan fingerprint density at radius 3 is 2.44 bits per heavy atom. The van der Waals surface area contributed by atoms with Gasteiger partial charge in [-0.2, -0.15) is 0 Å². The highest BCUT2D eigenvalue weighted by Gasteiger charge is 2.21. The van der Waals surface area contributed by atoms with Crippen LogP contribution in [0.3, 0.4) is 0 Å². The van der Waals surface area contributed by atoms with Crippen LogP contribution in [0.25, 0.3) is 10.8 Å². The molecule has 1 aliphatic carbocycles. The zero-order valence-corrected chi connectivity index (χ0v) is 19.9. The molecule has 0 saturated heterocycles. The van der Waals surface area contributed by atoms with Gasteiger partial charge in [0.15, 0.2) is 6.61 Å². The molecular formula is C24H25BrN2O4S. The van der Waals surface area contributed by atoms with Crippen LogP contribution in [0.4, 0.5) is 5.69 Å². The SMILES string of the molecule is O=C(COc1ccc2ccccc2c1Br)Nc1ccc(S(=O)(=O)NC2CCCCC2)cc1. The van der Waals surface area contributed by atoms with E-state index in [0.717, 1.165) is 47.3 Å². The Labute approximate surface area is 196 Å². The van der Waals surface area contributed by atoms with E-state index in [1.165, 1.54) is 12.1 Å². The monoisotopic (exact) mass is 516 g/mol. The fourth-order valence-electron chi connectivity index (χ4n) is 3.89. The second-order valence-electron chi connectivity index (χ2n) is 7.92. The second-order valence-corrected chi connectivity index (χ2v) is 10.4. The first kappa shape index (κ1) is 22.8. The van der Waals surface area contributed by atoms with Crippen molar-refractivity contribution in [3.63, 3.8) is 0 Å². The molecule has 168 valence electrons. The molecule has 4 rings (SSSR count). The van der Waals surface area contributed by atoms with Crippen molar-refractivity contribution >= 4 is 48.3 Å². The van der Waals surface area contributed by atoms with Gasteiger partial charge in [-0.15, -0.1) is 0 Å². The smallest absolute Gasteiger partial charge is 0.262 e. The number of rotatable bonds is 7. The predicted molar refractivity (Wildman–Crippen MR) is 129 cm³/mol. The maximum Gasteiger partial charge on any atom is 0.262 e. The molecular weight excluding hydrogens is 492 g/mol. The number of anilines is 1. The van der Waals surface area contributed by atoms with Crippen LogP contribution in [0.2, 0.25) is 0 Å². The molecule has 0 unspecified atom stereocenters. The van der Waals surface area contributed by atoms with Crippen LogP contribution in [-0.4, -0.2) is 27.0 Å². The number of ether oxygens (including phenoxy) is 1. The van der Waals surface area contributed by atoms with Gasteiger partial charge < -0.3 is 10.1 Å². The summed E-state index contributed by atoms with van der Waals surface area (Å²) < 4.78 is 34.5. The Balaban J connectivity index is 1.34. The van der Waals surface area contributed by atoms with Crippen molar-refractivity contribution in [2.45, 2.75) is 43.0 Å². The van der Waals surface area contributed by atoms with Gasteiger partial charge in [-0.1, -0.05) is 49.6 Å². The summed E-state index contributed by atoms with van der Waals surface area (Å²) in [5.74, 6) is 0.245. The van der Waals surface area contributed by atoms with Crippen molar-refractivity contribution in [3.8, 4) is 5.75 Å². The lowest BCUT2D eigenvalue weighted by Crippen LogP contribution is -2.36. The maximum atomic E-state index is 12.6. The van der Waals surface area contributed by atoms with Crippen LogP contribution < -0.4 is 14.8 Å². The lowest BCUT2D eigenvalue weighted by atomic mass is 9.96. The van der Waals surface area contributed by atoms with Gasteiger partial charge in [0.1, 0.15) is 5.75 Å². The molecule has 3 aromatic carbocycles. The number of hydrogen-bond donors (Lipinski definition) is 2. The molecule has 0 bridgehead atoms. The molecule has 1 fully saturated rings. The van der Waals surface area contributed by atoms with Crippen molar-refractivity contribution < 1.29 is 17.9 Å². The number of hydrogen-bond acceptors (Lipinski definition) is 4. The van der Waals surface area contributed by atoms with E-state index < -0.39 is 10.0 Å². The summed E-state index contributed by atoms with van der Waals surface area (Å²) in [5, 5.41) is 4.81. The molecule has 0 radical (unpaired) electrons. The Hall–Kier alpha value is -2.42. The highest BCUT2D eigenvalue weighted by molar-refractivity contribution is 9.10. The summed E-state index contributed by atoms with van der Waals surface area (Å²) in [4.78, 5) is 12.5. The Morgan fingerprint density at radius 1 is 0.969 bits per heavy atom. The van der Waals surface area contributed by atoms with Crippen molar-refractivity contribution in [3.05, 3.63) is 65.1 Å². The molecule has 0 aromatic heterocycles. The van der Waals surface area contributed by atoms with Gasteiger partial charge in [0.2, 0.25) is 10.0 Å². The van der Waals surface area contributed by atoms with Crippen LogP contribution in [0.15, 0.2) is 70.0 Å². The number of fused-ring (bicyclic) bond motifs is 1. The molecule has 2 N–H and O–H groups in total. The fourth-order valence-corrected chi connectivity index (χ4v) is 5.80. The molecule has 32 heavy (non-hydrogen) atoms. The fraction of sp³-hybridized carbons (Fsp3) is 0.292. The lowest BCUT2D eigenvalue weighted by Gasteiger charge is -2.22. The normalized spacial score (nSPS) is 14.9. The van der Waals surface area contributed by atoms with Gasteiger partial charge in [0.05, 0.1) is 9.37 Å². The van der Waals surface area contributed by atoms with Gasteiger partial charge in [-0.25, -0.2) is 13.1 Å². The first-order valence-corrected chi connectivity index (χ1v) is 12.9. The number of sulfonamides is 1. The minimum absolute atomic E-state index is 0.000269.